The highest BCUT2D eigenvalue weighted by atomic mass is 32.1. The summed E-state index contributed by atoms with van der Waals surface area (Å²) in [6.07, 6.45) is 0.320. The van der Waals surface area contributed by atoms with Crippen molar-refractivity contribution >= 4 is 26.3 Å². The Morgan fingerprint density at radius 1 is 1.68 bits per heavy atom. The third kappa shape index (κ3) is 3.94. The average Bonchev–Trinajstić information content (AvgIpc) is 2.79. The van der Waals surface area contributed by atoms with E-state index in [2.05, 4.69) is 9.51 Å². The maximum atomic E-state index is 14.3. The molecule has 1 aliphatic heterocycles. The first-order valence-electron chi connectivity index (χ1n) is 6.01. The van der Waals surface area contributed by atoms with Crippen molar-refractivity contribution < 1.29 is 32.8 Å². The van der Waals surface area contributed by atoms with Gasteiger partial charge in [-0.3, -0.25) is 18.9 Å². The molecule has 1 aliphatic rings. The Kier molecular flexibility index (Phi) is 4.76. The van der Waals surface area contributed by atoms with Crippen LogP contribution in [-0.2, 0) is 13.8 Å². The number of nitrogens with zero attached hydrogens (tertiary/aromatic N) is 1. The number of rotatable bonds is 5. The van der Waals surface area contributed by atoms with Gasteiger partial charge in [0.1, 0.15) is 17.5 Å². The SMILES string of the molecule is O=Cc1cn([C@H]2CC[C@@](F)(COP(=O)(O)O)O2)c(=O)[nH]c1=S. The maximum Gasteiger partial charge on any atom is 0.469 e. The molecule has 2 atom stereocenters. The van der Waals surface area contributed by atoms with E-state index in [1.807, 2.05) is 0 Å². The van der Waals surface area contributed by atoms with Crippen LogP contribution in [0.5, 0.6) is 0 Å². The lowest BCUT2D eigenvalue weighted by atomic mass is 10.2. The Morgan fingerprint density at radius 2 is 2.36 bits per heavy atom. The highest BCUT2D eigenvalue weighted by Gasteiger charge is 2.43. The normalized spacial score (nSPS) is 25.3. The van der Waals surface area contributed by atoms with Gasteiger partial charge in [-0.2, -0.15) is 0 Å². The van der Waals surface area contributed by atoms with Crippen LogP contribution in [0.4, 0.5) is 4.39 Å². The number of aromatic amines is 1. The van der Waals surface area contributed by atoms with Crippen LogP contribution in [0.3, 0.4) is 0 Å². The molecule has 0 bridgehead atoms. The van der Waals surface area contributed by atoms with Crippen LogP contribution < -0.4 is 5.69 Å². The number of ether oxygens (including phenoxy) is 1. The van der Waals surface area contributed by atoms with Crippen molar-refractivity contribution in [2.24, 2.45) is 0 Å². The van der Waals surface area contributed by atoms with E-state index in [1.165, 1.54) is 0 Å². The van der Waals surface area contributed by atoms with Gasteiger partial charge >= 0.3 is 13.5 Å². The summed E-state index contributed by atoms with van der Waals surface area (Å²) in [5, 5.41) is 0. The molecule has 0 aliphatic carbocycles. The first kappa shape index (κ1) is 17.1. The molecular formula is C10H12FN2O7PS. The highest BCUT2D eigenvalue weighted by molar-refractivity contribution is 7.71. The van der Waals surface area contributed by atoms with Crippen molar-refractivity contribution in [2.45, 2.75) is 24.9 Å². The number of halogens is 1. The molecule has 0 amide bonds. The Bertz CT molecular complexity index is 744. The number of hydrogen-bond acceptors (Lipinski definition) is 6. The number of aldehydes is 1. The smallest absolute Gasteiger partial charge is 0.320 e. The summed E-state index contributed by atoms with van der Waals surface area (Å²) in [5.74, 6) is -2.45. The van der Waals surface area contributed by atoms with E-state index in [4.69, 9.17) is 26.7 Å². The molecule has 3 N–H and O–H groups in total. The number of phosphoric ester groups is 1. The van der Waals surface area contributed by atoms with E-state index < -0.39 is 32.2 Å². The van der Waals surface area contributed by atoms with E-state index in [9.17, 15) is 18.5 Å². The number of nitrogens with one attached hydrogen (secondary N) is 1. The van der Waals surface area contributed by atoms with Crippen LogP contribution >= 0.6 is 20.0 Å². The fraction of sp³-hybridized carbons (Fsp3) is 0.500. The standard InChI is InChI=1S/C10H12FN2O7PS/c11-10(5-19-21(16,17)18)2-1-7(20-10)13-3-6(4-14)8(22)12-9(13)15/h3-4,7H,1-2,5H2,(H,12,15,22)(H2,16,17,18)/t7-,10+/m1/s1. The molecule has 0 unspecified atom stereocenters. The molecule has 2 rings (SSSR count). The van der Waals surface area contributed by atoms with Gasteiger partial charge in [-0.05, 0) is 6.42 Å². The Balaban J connectivity index is 2.20. The topological polar surface area (TPSA) is 131 Å². The second-order valence-corrected chi connectivity index (χ2v) is 6.27. The summed E-state index contributed by atoms with van der Waals surface area (Å²) < 4.78 is 34.9. The molecular weight excluding hydrogens is 342 g/mol. The van der Waals surface area contributed by atoms with Crippen molar-refractivity contribution in [3.05, 3.63) is 26.9 Å². The van der Waals surface area contributed by atoms with Gasteiger partial charge in [-0.25, -0.2) is 13.8 Å². The minimum absolute atomic E-state index is 0.0287. The van der Waals surface area contributed by atoms with Gasteiger partial charge in [0.15, 0.2) is 6.29 Å². The van der Waals surface area contributed by atoms with Gasteiger partial charge in [0.2, 0.25) is 5.85 Å². The number of hydrogen-bond donors (Lipinski definition) is 3. The lowest BCUT2D eigenvalue weighted by Crippen LogP contribution is -2.32. The van der Waals surface area contributed by atoms with Crippen LogP contribution in [0, 0.1) is 4.64 Å². The van der Waals surface area contributed by atoms with E-state index in [0.29, 0.717) is 6.29 Å². The number of H-pyrrole nitrogens is 1. The van der Waals surface area contributed by atoms with Crippen molar-refractivity contribution in [2.75, 3.05) is 6.61 Å². The molecule has 122 valence electrons. The third-order valence-electron chi connectivity index (χ3n) is 2.99. The molecule has 2 heterocycles. The number of phosphoric acid groups is 1. The monoisotopic (exact) mass is 354 g/mol. The van der Waals surface area contributed by atoms with Crippen LogP contribution in [-0.4, -0.2) is 38.1 Å². The zero-order chi connectivity index (χ0) is 16.5. The molecule has 9 nitrogen and oxygen atoms in total. The molecule has 1 aromatic rings. The Morgan fingerprint density at radius 3 is 2.95 bits per heavy atom. The van der Waals surface area contributed by atoms with E-state index >= 15 is 0 Å². The van der Waals surface area contributed by atoms with E-state index in [1.54, 1.807) is 0 Å². The molecule has 1 fully saturated rings. The zero-order valence-electron chi connectivity index (χ0n) is 11.0. The lowest BCUT2D eigenvalue weighted by molar-refractivity contribution is -0.175. The second kappa shape index (κ2) is 6.11. The fourth-order valence-corrected chi connectivity index (χ4v) is 2.53. The van der Waals surface area contributed by atoms with Crippen molar-refractivity contribution in [3.63, 3.8) is 0 Å². The van der Waals surface area contributed by atoms with Crippen LogP contribution in [0.2, 0.25) is 0 Å². The number of alkyl halides is 1. The molecule has 0 saturated carbocycles. The predicted octanol–water partition coefficient (Wildman–Crippen LogP) is 0.802. The van der Waals surface area contributed by atoms with E-state index in [-0.39, 0.29) is 23.0 Å². The van der Waals surface area contributed by atoms with Gasteiger partial charge < -0.3 is 14.5 Å². The van der Waals surface area contributed by atoms with Gasteiger partial charge in [0, 0.05) is 12.6 Å². The minimum atomic E-state index is -4.84. The van der Waals surface area contributed by atoms with Gasteiger partial charge in [-0.15, -0.1) is 0 Å². The summed E-state index contributed by atoms with van der Waals surface area (Å²) in [6.45, 7) is -0.980. The first-order chi connectivity index (χ1) is 10.1. The first-order valence-corrected chi connectivity index (χ1v) is 7.95. The summed E-state index contributed by atoms with van der Waals surface area (Å²) in [7, 11) is -4.84. The Labute approximate surface area is 127 Å². The number of carbonyl (C=O) groups is 1. The molecule has 12 heteroatoms. The van der Waals surface area contributed by atoms with Crippen LogP contribution in [0.15, 0.2) is 11.0 Å². The molecule has 1 aromatic heterocycles. The second-order valence-electron chi connectivity index (χ2n) is 4.63. The Hall–Kier alpha value is -1.23. The fourth-order valence-electron chi connectivity index (χ4n) is 1.98. The molecule has 0 aromatic carbocycles. The molecule has 0 radical (unpaired) electrons. The summed E-state index contributed by atoms with van der Waals surface area (Å²) in [6, 6.07) is 0. The highest BCUT2D eigenvalue weighted by Crippen LogP contribution is 2.42. The summed E-state index contributed by atoms with van der Waals surface area (Å²) in [4.78, 5) is 42.0. The lowest BCUT2D eigenvalue weighted by Gasteiger charge is -2.21. The van der Waals surface area contributed by atoms with Gasteiger partial charge in [0.05, 0.1) is 5.56 Å². The van der Waals surface area contributed by atoms with E-state index in [0.717, 1.165) is 10.8 Å². The van der Waals surface area contributed by atoms with Crippen molar-refractivity contribution in [1.29, 1.82) is 0 Å². The van der Waals surface area contributed by atoms with Crippen LogP contribution in [0.25, 0.3) is 0 Å². The van der Waals surface area contributed by atoms with Crippen LogP contribution in [0.1, 0.15) is 29.4 Å². The number of carbonyl (C=O) groups excluding carboxylic acids is 1. The number of aromatic nitrogens is 2. The van der Waals surface area contributed by atoms with Crippen molar-refractivity contribution in [1.82, 2.24) is 9.55 Å². The molecule has 22 heavy (non-hydrogen) atoms. The van der Waals surface area contributed by atoms with Gasteiger partial charge in [-0.1, -0.05) is 12.2 Å². The summed E-state index contributed by atoms with van der Waals surface area (Å²) in [5.41, 5.74) is -0.665. The van der Waals surface area contributed by atoms with Crippen molar-refractivity contribution in [3.8, 4) is 0 Å². The molecule has 0 spiro atoms. The third-order valence-corrected chi connectivity index (χ3v) is 3.80. The average molecular weight is 354 g/mol. The quantitative estimate of drug-likeness (QED) is 0.402. The maximum absolute atomic E-state index is 14.3. The zero-order valence-corrected chi connectivity index (χ0v) is 12.7. The molecule has 1 saturated heterocycles. The largest absolute Gasteiger partial charge is 0.469 e. The van der Waals surface area contributed by atoms with Gasteiger partial charge in [0.25, 0.3) is 0 Å². The summed E-state index contributed by atoms with van der Waals surface area (Å²) >= 11 is 4.78. The predicted molar refractivity (Wildman–Crippen MR) is 72.5 cm³/mol. The minimum Gasteiger partial charge on any atom is -0.320 e.